The van der Waals surface area contributed by atoms with E-state index in [1.165, 1.54) is 0 Å². The first-order chi connectivity index (χ1) is 11.7. The number of aromatic nitrogens is 1. The van der Waals surface area contributed by atoms with Crippen LogP contribution in [0.15, 0.2) is 71.3 Å². The molecule has 3 nitrogen and oxygen atoms in total. The largest absolute Gasteiger partial charge is 0.481 e. The molecule has 1 heterocycles. The Bertz CT molecular complexity index is 804. The van der Waals surface area contributed by atoms with Gasteiger partial charge in [0, 0.05) is 27.7 Å². The monoisotopic (exact) mass is 383 g/mol. The van der Waals surface area contributed by atoms with Crippen molar-refractivity contribution in [3.8, 4) is 17.0 Å². The fraction of sp³-hybridized carbons (Fsp3) is 0.150. The van der Waals surface area contributed by atoms with E-state index < -0.39 is 0 Å². The summed E-state index contributed by atoms with van der Waals surface area (Å²) in [6, 6.07) is 20.0. The average molecular weight is 384 g/mol. The summed E-state index contributed by atoms with van der Waals surface area (Å²) in [4.78, 5) is 4.45. The molecular weight excluding hydrogens is 366 g/mol. The van der Waals surface area contributed by atoms with E-state index in [0.717, 1.165) is 26.7 Å². The summed E-state index contributed by atoms with van der Waals surface area (Å²) < 4.78 is 6.46. The molecule has 0 bridgehead atoms. The molecule has 0 spiro atoms. The van der Waals surface area contributed by atoms with E-state index in [4.69, 9.17) is 4.74 Å². The van der Waals surface area contributed by atoms with Gasteiger partial charge in [0.2, 0.25) is 5.88 Å². The molecule has 2 aromatic carbocycles. The van der Waals surface area contributed by atoms with Crippen LogP contribution in [0.2, 0.25) is 0 Å². The number of pyridine rings is 1. The van der Waals surface area contributed by atoms with Crippen LogP contribution in [0.1, 0.15) is 17.0 Å². The molecular formula is C20H18BrNO2. The number of ether oxygens (including phenoxy) is 1. The van der Waals surface area contributed by atoms with Crippen molar-refractivity contribution in [2.24, 2.45) is 0 Å². The maximum absolute atomic E-state index is 9.96. The van der Waals surface area contributed by atoms with Crippen molar-refractivity contribution in [2.75, 3.05) is 13.7 Å². The van der Waals surface area contributed by atoms with Crippen LogP contribution in [0.4, 0.5) is 0 Å². The standard InChI is InChI=1S/C20H18BrNO2/c1-24-20-18(19(13-23)15-5-3-2-4-6-15)11-16(12-22-20)14-7-9-17(21)10-8-14/h2-12,19,23H,13H2,1H3. The highest BCUT2D eigenvalue weighted by Crippen LogP contribution is 2.33. The minimum atomic E-state index is -0.177. The lowest BCUT2D eigenvalue weighted by molar-refractivity contribution is 0.276. The van der Waals surface area contributed by atoms with E-state index in [2.05, 4.69) is 20.9 Å². The quantitative estimate of drug-likeness (QED) is 0.697. The van der Waals surface area contributed by atoms with Crippen LogP contribution in [0, 0.1) is 0 Å². The minimum absolute atomic E-state index is 0.00809. The highest BCUT2D eigenvalue weighted by molar-refractivity contribution is 9.10. The second-order valence-corrected chi connectivity index (χ2v) is 6.39. The predicted molar refractivity (Wildman–Crippen MR) is 99.3 cm³/mol. The predicted octanol–water partition coefficient (Wildman–Crippen LogP) is 4.64. The smallest absolute Gasteiger partial charge is 0.216 e. The van der Waals surface area contributed by atoms with Gasteiger partial charge in [-0.2, -0.15) is 0 Å². The molecule has 122 valence electrons. The van der Waals surface area contributed by atoms with Crippen LogP contribution in [0.3, 0.4) is 0 Å². The minimum Gasteiger partial charge on any atom is -0.481 e. The van der Waals surface area contributed by atoms with Gasteiger partial charge >= 0.3 is 0 Å². The van der Waals surface area contributed by atoms with E-state index in [0.29, 0.717) is 5.88 Å². The molecule has 0 radical (unpaired) electrons. The normalized spacial score (nSPS) is 12.0. The Morgan fingerprint density at radius 1 is 1.04 bits per heavy atom. The zero-order valence-corrected chi connectivity index (χ0v) is 14.9. The number of aliphatic hydroxyl groups excluding tert-OH is 1. The summed E-state index contributed by atoms with van der Waals surface area (Å²) in [5, 5.41) is 9.96. The van der Waals surface area contributed by atoms with Crippen LogP contribution < -0.4 is 4.74 Å². The number of methoxy groups -OCH3 is 1. The number of aliphatic hydroxyl groups is 1. The lowest BCUT2D eigenvalue weighted by atomic mass is 9.91. The Labute approximate surface area is 150 Å². The Balaban J connectivity index is 2.08. The number of halogens is 1. The molecule has 4 heteroatoms. The van der Waals surface area contributed by atoms with Gasteiger partial charge in [0.05, 0.1) is 13.7 Å². The second kappa shape index (κ2) is 7.60. The Morgan fingerprint density at radius 2 is 1.75 bits per heavy atom. The number of hydrogen-bond donors (Lipinski definition) is 1. The zero-order chi connectivity index (χ0) is 16.9. The van der Waals surface area contributed by atoms with Gasteiger partial charge in [0.15, 0.2) is 0 Å². The number of hydrogen-bond acceptors (Lipinski definition) is 3. The van der Waals surface area contributed by atoms with E-state index >= 15 is 0 Å². The van der Waals surface area contributed by atoms with Crippen molar-refractivity contribution >= 4 is 15.9 Å². The highest BCUT2D eigenvalue weighted by Gasteiger charge is 2.19. The number of rotatable bonds is 5. The first-order valence-electron chi connectivity index (χ1n) is 7.68. The maximum Gasteiger partial charge on any atom is 0.216 e. The summed E-state index contributed by atoms with van der Waals surface area (Å²) in [6.07, 6.45) is 1.80. The third-order valence-corrected chi connectivity index (χ3v) is 4.54. The molecule has 0 saturated carbocycles. The van der Waals surface area contributed by atoms with Gasteiger partial charge in [-0.15, -0.1) is 0 Å². The highest BCUT2D eigenvalue weighted by atomic mass is 79.9. The van der Waals surface area contributed by atoms with E-state index in [9.17, 15) is 5.11 Å². The fourth-order valence-corrected chi connectivity index (χ4v) is 3.02. The van der Waals surface area contributed by atoms with Crippen LogP contribution in [-0.4, -0.2) is 23.8 Å². The molecule has 0 aliphatic carbocycles. The third kappa shape index (κ3) is 3.50. The molecule has 24 heavy (non-hydrogen) atoms. The van der Waals surface area contributed by atoms with Crippen molar-refractivity contribution in [3.63, 3.8) is 0 Å². The zero-order valence-electron chi connectivity index (χ0n) is 13.3. The van der Waals surface area contributed by atoms with Gasteiger partial charge in [-0.3, -0.25) is 0 Å². The van der Waals surface area contributed by atoms with E-state index in [1.54, 1.807) is 13.3 Å². The molecule has 1 aromatic heterocycles. The van der Waals surface area contributed by atoms with Crippen LogP contribution >= 0.6 is 15.9 Å². The van der Waals surface area contributed by atoms with Gasteiger partial charge in [0.25, 0.3) is 0 Å². The fourth-order valence-electron chi connectivity index (χ4n) is 2.76. The number of benzene rings is 2. The van der Waals surface area contributed by atoms with Gasteiger partial charge < -0.3 is 9.84 Å². The summed E-state index contributed by atoms with van der Waals surface area (Å²) in [5.74, 6) is 0.364. The maximum atomic E-state index is 9.96. The van der Waals surface area contributed by atoms with Crippen molar-refractivity contribution in [2.45, 2.75) is 5.92 Å². The van der Waals surface area contributed by atoms with Gasteiger partial charge in [0.1, 0.15) is 0 Å². The summed E-state index contributed by atoms with van der Waals surface area (Å²) in [7, 11) is 1.60. The Morgan fingerprint density at radius 3 is 2.38 bits per heavy atom. The SMILES string of the molecule is COc1ncc(-c2ccc(Br)cc2)cc1C(CO)c1ccccc1. The van der Waals surface area contributed by atoms with Crippen molar-refractivity contribution in [1.29, 1.82) is 0 Å². The van der Waals surface area contributed by atoms with E-state index in [-0.39, 0.29) is 12.5 Å². The molecule has 1 N–H and O–H groups in total. The second-order valence-electron chi connectivity index (χ2n) is 5.48. The van der Waals surface area contributed by atoms with Crippen molar-refractivity contribution in [3.05, 3.63) is 82.5 Å². The molecule has 3 aromatic rings. The van der Waals surface area contributed by atoms with Gasteiger partial charge in [-0.1, -0.05) is 58.4 Å². The molecule has 1 unspecified atom stereocenters. The average Bonchev–Trinajstić information content (AvgIpc) is 2.64. The van der Waals surface area contributed by atoms with Crippen molar-refractivity contribution in [1.82, 2.24) is 4.98 Å². The summed E-state index contributed by atoms with van der Waals surface area (Å²) in [6.45, 7) is -0.00809. The molecule has 3 rings (SSSR count). The third-order valence-electron chi connectivity index (χ3n) is 4.01. The topological polar surface area (TPSA) is 42.4 Å². The van der Waals surface area contributed by atoms with Crippen LogP contribution in [0.5, 0.6) is 5.88 Å². The Hall–Kier alpha value is -2.17. The summed E-state index contributed by atoms with van der Waals surface area (Å²) in [5.41, 5.74) is 3.98. The van der Waals surface area contributed by atoms with Crippen molar-refractivity contribution < 1.29 is 9.84 Å². The molecule has 0 saturated heterocycles. The molecule has 0 aliphatic rings. The first-order valence-corrected chi connectivity index (χ1v) is 8.48. The molecule has 0 fully saturated rings. The first kappa shape index (κ1) is 16.7. The van der Waals surface area contributed by atoms with Crippen LogP contribution in [0.25, 0.3) is 11.1 Å². The number of nitrogens with zero attached hydrogens (tertiary/aromatic N) is 1. The molecule has 0 aliphatic heterocycles. The Kier molecular flexibility index (Phi) is 5.28. The van der Waals surface area contributed by atoms with E-state index in [1.807, 2.05) is 60.7 Å². The molecule has 1 atom stereocenters. The van der Waals surface area contributed by atoms with Gasteiger partial charge in [-0.25, -0.2) is 4.98 Å². The lowest BCUT2D eigenvalue weighted by Gasteiger charge is -2.18. The molecule has 0 amide bonds. The van der Waals surface area contributed by atoms with Crippen LogP contribution in [-0.2, 0) is 0 Å². The summed E-state index contributed by atoms with van der Waals surface area (Å²) >= 11 is 3.45. The lowest BCUT2D eigenvalue weighted by Crippen LogP contribution is -2.09. The van der Waals surface area contributed by atoms with Gasteiger partial charge in [-0.05, 0) is 29.3 Å².